The smallest absolute Gasteiger partial charge is 0.337 e. The standard InChI is InChI=1S/C15H18ClNO6/c1-21-9-5-10(12(16)11(6-9)14(19)20)13(18)17-7-15(22-2)3-4-23-8-15/h5-6H,3-4,7-8H2,1-2H3,(H,17,18)(H,19,20). The van der Waals surface area contributed by atoms with Crippen LogP contribution in [0.3, 0.4) is 0 Å². The van der Waals surface area contributed by atoms with Gasteiger partial charge in [-0.15, -0.1) is 0 Å². The van der Waals surface area contributed by atoms with Gasteiger partial charge in [-0.2, -0.15) is 0 Å². The fourth-order valence-electron chi connectivity index (χ4n) is 2.33. The van der Waals surface area contributed by atoms with Gasteiger partial charge in [-0.25, -0.2) is 4.79 Å². The second kappa shape index (κ2) is 7.16. The van der Waals surface area contributed by atoms with E-state index < -0.39 is 17.5 Å². The average Bonchev–Trinajstić information content (AvgIpc) is 3.02. The minimum absolute atomic E-state index is 0.0357. The largest absolute Gasteiger partial charge is 0.497 e. The molecule has 1 atom stereocenters. The van der Waals surface area contributed by atoms with E-state index in [1.165, 1.54) is 19.2 Å². The van der Waals surface area contributed by atoms with Gasteiger partial charge in [-0.3, -0.25) is 4.79 Å². The molecule has 1 aromatic carbocycles. The molecule has 1 fully saturated rings. The number of carboxylic acid groups (broad SMARTS) is 1. The zero-order valence-electron chi connectivity index (χ0n) is 12.8. The number of aromatic carboxylic acids is 1. The second-order valence-corrected chi connectivity index (χ2v) is 5.59. The summed E-state index contributed by atoms with van der Waals surface area (Å²) in [5.41, 5.74) is -0.730. The Balaban J connectivity index is 2.21. The van der Waals surface area contributed by atoms with Gasteiger partial charge >= 0.3 is 5.97 Å². The van der Waals surface area contributed by atoms with E-state index in [4.69, 9.17) is 30.9 Å². The van der Waals surface area contributed by atoms with E-state index in [1.807, 2.05) is 0 Å². The van der Waals surface area contributed by atoms with E-state index in [0.717, 1.165) is 0 Å². The summed E-state index contributed by atoms with van der Waals surface area (Å²) in [4.78, 5) is 23.6. The molecule has 1 heterocycles. The molecular weight excluding hydrogens is 326 g/mol. The topological polar surface area (TPSA) is 94.1 Å². The minimum atomic E-state index is -1.24. The molecule has 1 aliphatic heterocycles. The van der Waals surface area contributed by atoms with Crippen LogP contribution in [-0.2, 0) is 9.47 Å². The highest BCUT2D eigenvalue weighted by molar-refractivity contribution is 6.36. The Kier molecular flexibility index (Phi) is 5.46. The number of amides is 1. The first-order valence-corrected chi connectivity index (χ1v) is 7.32. The maximum Gasteiger partial charge on any atom is 0.337 e. The predicted octanol–water partition coefficient (Wildman–Crippen LogP) is 1.58. The van der Waals surface area contributed by atoms with Gasteiger partial charge in [-0.05, 0) is 12.1 Å². The number of rotatable bonds is 6. The first-order chi connectivity index (χ1) is 10.9. The van der Waals surface area contributed by atoms with Gasteiger partial charge in [-0.1, -0.05) is 11.6 Å². The number of benzene rings is 1. The van der Waals surface area contributed by atoms with E-state index in [0.29, 0.717) is 19.6 Å². The Morgan fingerprint density at radius 1 is 1.39 bits per heavy atom. The third-order valence-corrected chi connectivity index (χ3v) is 4.24. The number of halogens is 1. The van der Waals surface area contributed by atoms with Crippen molar-refractivity contribution in [2.75, 3.05) is 34.0 Å². The van der Waals surface area contributed by atoms with Crippen molar-refractivity contribution in [2.24, 2.45) is 0 Å². The van der Waals surface area contributed by atoms with Crippen LogP contribution in [0.2, 0.25) is 5.02 Å². The molecule has 0 aromatic heterocycles. The normalized spacial score (nSPS) is 20.3. The van der Waals surface area contributed by atoms with Gasteiger partial charge < -0.3 is 24.6 Å². The molecule has 23 heavy (non-hydrogen) atoms. The van der Waals surface area contributed by atoms with Crippen molar-refractivity contribution < 1.29 is 28.9 Å². The van der Waals surface area contributed by atoms with Crippen LogP contribution < -0.4 is 10.1 Å². The summed E-state index contributed by atoms with van der Waals surface area (Å²) in [6, 6.07) is 2.66. The molecule has 0 saturated carbocycles. The minimum Gasteiger partial charge on any atom is -0.497 e. The molecule has 0 aliphatic carbocycles. The van der Waals surface area contributed by atoms with Crippen LogP contribution in [0, 0.1) is 0 Å². The monoisotopic (exact) mass is 343 g/mol. The van der Waals surface area contributed by atoms with Gasteiger partial charge in [0.1, 0.15) is 11.4 Å². The number of carboxylic acids is 1. The van der Waals surface area contributed by atoms with Gasteiger partial charge in [0.05, 0.1) is 29.9 Å². The van der Waals surface area contributed by atoms with E-state index in [-0.39, 0.29) is 28.4 Å². The molecule has 1 amide bonds. The zero-order valence-corrected chi connectivity index (χ0v) is 13.6. The maximum absolute atomic E-state index is 12.4. The molecule has 1 aromatic rings. The fraction of sp³-hybridized carbons (Fsp3) is 0.467. The van der Waals surface area contributed by atoms with Crippen molar-refractivity contribution in [2.45, 2.75) is 12.0 Å². The van der Waals surface area contributed by atoms with Crippen molar-refractivity contribution in [3.05, 3.63) is 28.3 Å². The van der Waals surface area contributed by atoms with Crippen LogP contribution in [0.4, 0.5) is 0 Å². The SMILES string of the molecule is COc1cc(C(=O)O)c(Cl)c(C(=O)NCC2(OC)CCOC2)c1. The molecule has 0 bridgehead atoms. The Labute approximate surface area is 138 Å². The van der Waals surface area contributed by atoms with Crippen molar-refractivity contribution in [3.8, 4) is 5.75 Å². The first-order valence-electron chi connectivity index (χ1n) is 6.94. The Bertz CT molecular complexity index is 612. The van der Waals surface area contributed by atoms with Gasteiger partial charge in [0.15, 0.2) is 0 Å². The van der Waals surface area contributed by atoms with E-state index >= 15 is 0 Å². The Morgan fingerprint density at radius 3 is 2.61 bits per heavy atom. The molecule has 0 radical (unpaired) electrons. The molecule has 126 valence electrons. The number of nitrogens with one attached hydrogen (secondary N) is 1. The Hall–Kier alpha value is -1.83. The number of hydrogen-bond donors (Lipinski definition) is 2. The molecule has 7 nitrogen and oxygen atoms in total. The number of carbonyl (C=O) groups is 2. The summed E-state index contributed by atoms with van der Waals surface area (Å²) in [6.07, 6.45) is 0.663. The average molecular weight is 344 g/mol. The van der Waals surface area contributed by atoms with Crippen molar-refractivity contribution in [1.29, 1.82) is 0 Å². The number of carbonyl (C=O) groups excluding carboxylic acids is 1. The van der Waals surface area contributed by atoms with Crippen LogP contribution in [0.25, 0.3) is 0 Å². The first kappa shape index (κ1) is 17.5. The molecule has 2 N–H and O–H groups in total. The van der Waals surface area contributed by atoms with Crippen LogP contribution in [-0.4, -0.2) is 56.6 Å². The lowest BCUT2D eigenvalue weighted by Crippen LogP contribution is -2.45. The third-order valence-electron chi connectivity index (χ3n) is 3.83. The fourth-order valence-corrected chi connectivity index (χ4v) is 2.61. The van der Waals surface area contributed by atoms with E-state index in [9.17, 15) is 9.59 Å². The summed E-state index contributed by atoms with van der Waals surface area (Å²) in [5, 5.41) is 11.7. The molecule has 0 spiro atoms. The lowest BCUT2D eigenvalue weighted by molar-refractivity contribution is -0.0148. The summed E-state index contributed by atoms with van der Waals surface area (Å²) in [6.45, 7) is 1.18. The van der Waals surface area contributed by atoms with Crippen molar-refractivity contribution >= 4 is 23.5 Å². The van der Waals surface area contributed by atoms with Gasteiger partial charge in [0.25, 0.3) is 5.91 Å². The van der Waals surface area contributed by atoms with Crippen LogP contribution in [0.5, 0.6) is 5.75 Å². The lowest BCUT2D eigenvalue weighted by atomic mass is 10.0. The highest BCUT2D eigenvalue weighted by atomic mass is 35.5. The van der Waals surface area contributed by atoms with E-state index in [2.05, 4.69) is 5.32 Å². The third kappa shape index (κ3) is 3.74. The lowest BCUT2D eigenvalue weighted by Gasteiger charge is -2.26. The molecule has 8 heteroatoms. The highest BCUT2D eigenvalue weighted by Crippen LogP contribution is 2.28. The maximum atomic E-state index is 12.4. The highest BCUT2D eigenvalue weighted by Gasteiger charge is 2.35. The van der Waals surface area contributed by atoms with Crippen LogP contribution in [0.15, 0.2) is 12.1 Å². The quantitative estimate of drug-likeness (QED) is 0.814. The molecular formula is C15H18ClNO6. The molecule has 1 saturated heterocycles. The molecule has 1 aliphatic rings. The number of methoxy groups -OCH3 is 2. The van der Waals surface area contributed by atoms with Crippen molar-refractivity contribution in [1.82, 2.24) is 5.32 Å². The summed E-state index contributed by atoms with van der Waals surface area (Å²) < 4.78 is 15.8. The van der Waals surface area contributed by atoms with Gasteiger partial charge in [0.2, 0.25) is 0 Å². The predicted molar refractivity (Wildman–Crippen MR) is 82.5 cm³/mol. The van der Waals surface area contributed by atoms with Crippen LogP contribution in [0.1, 0.15) is 27.1 Å². The molecule has 1 unspecified atom stereocenters. The summed E-state index contributed by atoms with van der Waals surface area (Å²) >= 11 is 6.04. The summed E-state index contributed by atoms with van der Waals surface area (Å²) in [5.74, 6) is -1.50. The van der Waals surface area contributed by atoms with Gasteiger partial charge in [0, 0.05) is 26.7 Å². The summed E-state index contributed by atoms with van der Waals surface area (Å²) in [7, 11) is 2.94. The Morgan fingerprint density at radius 2 is 2.09 bits per heavy atom. The molecule has 2 rings (SSSR count). The zero-order chi connectivity index (χ0) is 17.0. The van der Waals surface area contributed by atoms with E-state index in [1.54, 1.807) is 7.11 Å². The number of ether oxygens (including phenoxy) is 3. The van der Waals surface area contributed by atoms with Crippen molar-refractivity contribution in [3.63, 3.8) is 0 Å². The number of hydrogen-bond acceptors (Lipinski definition) is 5. The van der Waals surface area contributed by atoms with Crippen LogP contribution >= 0.6 is 11.6 Å². The second-order valence-electron chi connectivity index (χ2n) is 5.21.